The van der Waals surface area contributed by atoms with Gasteiger partial charge in [0.1, 0.15) is 5.69 Å². The number of likely N-dealkylation sites (tertiary alicyclic amines) is 1. The monoisotopic (exact) mass is 489 g/mol. The molecule has 2 aromatic carbocycles. The highest BCUT2D eigenvalue weighted by molar-refractivity contribution is 6.10. The number of nitrogens with one attached hydrogen (secondary N) is 1. The highest BCUT2D eigenvalue weighted by Gasteiger charge is 2.27. The number of piperazine rings is 1. The third-order valence-electron chi connectivity index (χ3n) is 7.49. The molecule has 5 rings (SSSR count). The summed E-state index contributed by atoms with van der Waals surface area (Å²) in [5, 5.41) is 12.1. The van der Waals surface area contributed by atoms with E-state index < -0.39 is 4.92 Å². The third kappa shape index (κ3) is 4.58. The Balaban J connectivity index is 1.52. The molecular weight excluding hydrogens is 458 g/mol. The van der Waals surface area contributed by atoms with Gasteiger partial charge in [0.2, 0.25) is 0 Å². The Morgan fingerprint density at radius 2 is 1.56 bits per heavy atom. The molecule has 0 radical (unpaired) electrons. The van der Waals surface area contributed by atoms with Crippen LogP contribution in [0.25, 0.3) is 22.0 Å². The summed E-state index contributed by atoms with van der Waals surface area (Å²) in [6.07, 6.45) is 2.02. The number of carbonyl (C=O) groups is 2. The summed E-state index contributed by atoms with van der Waals surface area (Å²) >= 11 is 0. The Kier molecular flexibility index (Phi) is 6.49. The van der Waals surface area contributed by atoms with Crippen LogP contribution in [0.2, 0.25) is 0 Å². The zero-order valence-electron chi connectivity index (χ0n) is 20.7. The molecule has 9 nitrogen and oxygen atoms in total. The Morgan fingerprint density at radius 1 is 0.917 bits per heavy atom. The molecule has 3 heterocycles. The Morgan fingerprint density at radius 3 is 2.19 bits per heavy atom. The molecule has 0 unspecified atom stereocenters. The number of carbonyl (C=O) groups excluding carboxylic acids is 2. The van der Waals surface area contributed by atoms with Crippen molar-refractivity contribution in [2.24, 2.45) is 5.92 Å². The fourth-order valence-electron chi connectivity index (χ4n) is 5.10. The topological polar surface area (TPSA) is 103 Å². The Labute approximate surface area is 209 Å². The maximum absolute atomic E-state index is 13.6. The van der Waals surface area contributed by atoms with E-state index in [0.717, 1.165) is 44.6 Å². The lowest BCUT2D eigenvalue weighted by Gasteiger charge is -2.32. The smallest absolute Gasteiger partial charge is 0.271 e. The van der Waals surface area contributed by atoms with Crippen LogP contribution in [-0.4, -0.2) is 82.7 Å². The van der Waals surface area contributed by atoms with E-state index in [1.165, 1.54) is 12.1 Å². The number of nitro benzene ring substituents is 1. The number of hydrogen-bond donors (Lipinski definition) is 1. The van der Waals surface area contributed by atoms with E-state index in [1.54, 1.807) is 18.2 Å². The lowest BCUT2D eigenvalue weighted by Crippen LogP contribution is -2.47. The van der Waals surface area contributed by atoms with Gasteiger partial charge in [-0.05, 0) is 49.6 Å². The molecule has 2 aliphatic rings. The standard InChI is InChI=1S/C27H31N5O4/c1-18-9-11-30(12-10-18)26(33)20-5-3-19(4-6-20)24-22-17-21(32(35)36)7-8-23(22)28-25(24)27(34)31-15-13-29(2)14-16-31/h3-8,17-18,28H,9-16H2,1-2H3. The number of aromatic amines is 1. The number of non-ortho nitro benzene ring substituents is 1. The summed E-state index contributed by atoms with van der Waals surface area (Å²) in [5.74, 6) is 0.523. The van der Waals surface area contributed by atoms with E-state index in [1.807, 2.05) is 29.0 Å². The molecule has 0 bridgehead atoms. The molecule has 1 aromatic heterocycles. The molecule has 36 heavy (non-hydrogen) atoms. The predicted octanol–water partition coefficient (Wildman–Crippen LogP) is 4.00. The van der Waals surface area contributed by atoms with Crippen molar-refractivity contribution in [3.8, 4) is 11.1 Å². The van der Waals surface area contributed by atoms with E-state index in [4.69, 9.17) is 0 Å². The number of likely N-dealkylation sites (N-methyl/N-ethyl adjacent to an activating group) is 1. The van der Waals surface area contributed by atoms with Crippen LogP contribution in [-0.2, 0) is 0 Å². The second kappa shape index (κ2) is 9.73. The quantitative estimate of drug-likeness (QED) is 0.441. The van der Waals surface area contributed by atoms with E-state index in [0.29, 0.717) is 46.7 Å². The van der Waals surface area contributed by atoms with Crippen molar-refractivity contribution in [3.05, 3.63) is 63.8 Å². The molecule has 0 spiro atoms. The maximum atomic E-state index is 13.6. The first-order valence-electron chi connectivity index (χ1n) is 12.5. The molecule has 0 atom stereocenters. The number of nitro groups is 1. The van der Waals surface area contributed by atoms with Gasteiger partial charge in [0.25, 0.3) is 17.5 Å². The van der Waals surface area contributed by atoms with E-state index in [-0.39, 0.29) is 17.5 Å². The molecule has 9 heteroatoms. The van der Waals surface area contributed by atoms with E-state index >= 15 is 0 Å². The van der Waals surface area contributed by atoms with Crippen LogP contribution in [0.4, 0.5) is 5.69 Å². The van der Waals surface area contributed by atoms with Crippen LogP contribution in [0, 0.1) is 16.0 Å². The number of hydrogen-bond acceptors (Lipinski definition) is 5. The van der Waals surface area contributed by atoms with Gasteiger partial charge >= 0.3 is 0 Å². The molecular formula is C27H31N5O4. The third-order valence-corrected chi connectivity index (χ3v) is 7.49. The molecule has 2 saturated heterocycles. The lowest BCUT2D eigenvalue weighted by atomic mass is 9.97. The first-order chi connectivity index (χ1) is 17.3. The Bertz CT molecular complexity index is 1300. The van der Waals surface area contributed by atoms with Crippen LogP contribution in [0.15, 0.2) is 42.5 Å². The van der Waals surface area contributed by atoms with Crippen LogP contribution in [0.5, 0.6) is 0 Å². The fraction of sp³-hybridized carbons (Fsp3) is 0.407. The van der Waals surface area contributed by atoms with Crippen LogP contribution in [0.1, 0.15) is 40.6 Å². The number of aromatic nitrogens is 1. The number of fused-ring (bicyclic) bond motifs is 1. The number of amides is 2. The first-order valence-corrected chi connectivity index (χ1v) is 12.5. The van der Waals surface area contributed by atoms with Gasteiger partial charge in [-0.1, -0.05) is 19.1 Å². The molecule has 0 aliphatic carbocycles. The average Bonchev–Trinajstić information content (AvgIpc) is 3.27. The van der Waals surface area contributed by atoms with Crippen LogP contribution >= 0.6 is 0 Å². The molecule has 2 amide bonds. The minimum atomic E-state index is -0.431. The summed E-state index contributed by atoms with van der Waals surface area (Å²) in [6.45, 7) is 6.55. The summed E-state index contributed by atoms with van der Waals surface area (Å²) in [6, 6.07) is 11.8. The summed E-state index contributed by atoms with van der Waals surface area (Å²) in [5.41, 5.74) is 3.01. The number of rotatable bonds is 4. The van der Waals surface area contributed by atoms with Gasteiger partial charge in [0, 0.05) is 73.4 Å². The molecule has 188 valence electrons. The summed E-state index contributed by atoms with van der Waals surface area (Å²) < 4.78 is 0. The second-order valence-corrected chi connectivity index (χ2v) is 10.0. The minimum Gasteiger partial charge on any atom is -0.350 e. The minimum absolute atomic E-state index is 0.0109. The molecule has 2 aliphatic heterocycles. The van der Waals surface area contributed by atoms with Crippen LogP contribution < -0.4 is 0 Å². The lowest BCUT2D eigenvalue weighted by molar-refractivity contribution is -0.384. The molecule has 2 fully saturated rings. The van der Waals surface area contributed by atoms with Crippen molar-refractivity contribution in [2.45, 2.75) is 19.8 Å². The molecule has 0 saturated carbocycles. The molecule has 3 aromatic rings. The highest BCUT2D eigenvalue weighted by Crippen LogP contribution is 2.36. The van der Waals surface area contributed by atoms with E-state index in [9.17, 15) is 19.7 Å². The van der Waals surface area contributed by atoms with Gasteiger partial charge in [-0.25, -0.2) is 0 Å². The van der Waals surface area contributed by atoms with Crippen molar-refractivity contribution >= 4 is 28.4 Å². The average molecular weight is 490 g/mol. The summed E-state index contributed by atoms with van der Waals surface area (Å²) in [7, 11) is 2.03. The fourth-order valence-corrected chi connectivity index (χ4v) is 5.10. The molecule has 1 N–H and O–H groups in total. The largest absolute Gasteiger partial charge is 0.350 e. The van der Waals surface area contributed by atoms with Crippen molar-refractivity contribution in [3.63, 3.8) is 0 Å². The van der Waals surface area contributed by atoms with Gasteiger partial charge in [-0.3, -0.25) is 19.7 Å². The normalized spacial score (nSPS) is 17.5. The van der Waals surface area contributed by atoms with Crippen molar-refractivity contribution in [1.29, 1.82) is 0 Å². The van der Waals surface area contributed by atoms with Crippen molar-refractivity contribution in [2.75, 3.05) is 46.3 Å². The SMILES string of the molecule is CC1CCN(C(=O)c2ccc(-c3c(C(=O)N4CCN(C)CC4)[nH]c4ccc([N+](=O)[O-])cc34)cc2)CC1. The van der Waals surface area contributed by atoms with Gasteiger partial charge < -0.3 is 19.7 Å². The van der Waals surface area contributed by atoms with Gasteiger partial charge in [-0.2, -0.15) is 0 Å². The van der Waals surface area contributed by atoms with E-state index in [2.05, 4.69) is 16.8 Å². The van der Waals surface area contributed by atoms with Crippen molar-refractivity contribution in [1.82, 2.24) is 19.7 Å². The Hall–Kier alpha value is -3.72. The predicted molar refractivity (Wildman–Crippen MR) is 138 cm³/mol. The van der Waals surface area contributed by atoms with Gasteiger partial charge in [0.15, 0.2) is 0 Å². The zero-order valence-corrected chi connectivity index (χ0v) is 20.7. The maximum Gasteiger partial charge on any atom is 0.271 e. The number of H-pyrrole nitrogens is 1. The first kappa shape index (κ1) is 24.0. The van der Waals surface area contributed by atoms with Gasteiger partial charge in [-0.15, -0.1) is 0 Å². The zero-order chi connectivity index (χ0) is 25.4. The number of benzene rings is 2. The summed E-state index contributed by atoms with van der Waals surface area (Å²) in [4.78, 5) is 46.8. The second-order valence-electron chi connectivity index (χ2n) is 10.0. The number of nitrogens with zero attached hydrogens (tertiary/aromatic N) is 4. The number of piperidine rings is 1. The van der Waals surface area contributed by atoms with Crippen LogP contribution in [0.3, 0.4) is 0 Å². The highest BCUT2D eigenvalue weighted by atomic mass is 16.6. The van der Waals surface area contributed by atoms with Gasteiger partial charge in [0.05, 0.1) is 4.92 Å². The van der Waals surface area contributed by atoms with Crippen molar-refractivity contribution < 1.29 is 14.5 Å².